The molecule has 2 aromatic rings. The van der Waals surface area contributed by atoms with Gasteiger partial charge in [0.1, 0.15) is 5.82 Å². The minimum absolute atomic E-state index is 0.0171. The number of carboxylic acid groups (broad SMARTS) is 1. The number of rotatable bonds is 3. The summed E-state index contributed by atoms with van der Waals surface area (Å²) < 4.78 is 13.7. The van der Waals surface area contributed by atoms with Crippen molar-refractivity contribution < 1.29 is 19.1 Å². The molecule has 0 spiro atoms. The normalized spacial score (nSPS) is 17.1. The number of likely N-dealkylation sites (tertiary alicyclic amines) is 1. The molecule has 4 nitrogen and oxygen atoms in total. The summed E-state index contributed by atoms with van der Waals surface area (Å²) in [6.07, 6.45) is 0.699. The van der Waals surface area contributed by atoms with Gasteiger partial charge in [0.15, 0.2) is 0 Å². The van der Waals surface area contributed by atoms with E-state index in [1.807, 2.05) is 6.07 Å². The lowest BCUT2D eigenvalue weighted by atomic mass is 9.93. The highest BCUT2D eigenvalue weighted by Crippen LogP contribution is 2.30. The lowest BCUT2D eigenvalue weighted by molar-refractivity contribution is 0.0695. The summed E-state index contributed by atoms with van der Waals surface area (Å²) >= 11 is 0. The monoisotopic (exact) mass is 327 g/mol. The highest BCUT2D eigenvalue weighted by Gasteiger charge is 2.30. The smallest absolute Gasteiger partial charge is 0.335 e. The Hall–Kier alpha value is -2.69. The first kappa shape index (κ1) is 16.2. The van der Waals surface area contributed by atoms with Crippen LogP contribution in [-0.4, -0.2) is 35.0 Å². The van der Waals surface area contributed by atoms with Gasteiger partial charge >= 0.3 is 5.97 Å². The average molecular weight is 327 g/mol. The van der Waals surface area contributed by atoms with Crippen LogP contribution in [0.25, 0.3) is 0 Å². The van der Waals surface area contributed by atoms with Crippen LogP contribution in [0, 0.1) is 12.7 Å². The SMILES string of the molecule is Cc1ccc(C(=O)N2CC[C@@H](c3ccccc3C(=O)O)C2)cc1F. The maximum absolute atomic E-state index is 13.7. The minimum atomic E-state index is -0.962. The third kappa shape index (κ3) is 3.02. The van der Waals surface area contributed by atoms with Crippen LogP contribution in [0.2, 0.25) is 0 Å². The number of nitrogens with zero attached hydrogens (tertiary/aromatic N) is 1. The Morgan fingerprint density at radius 3 is 2.67 bits per heavy atom. The molecule has 0 aromatic heterocycles. The first-order chi connectivity index (χ1) is 11.5. The summed E-state index contributed by atoms with van der Waals surface area (Å²) in [5, 5.41) is 9.31. The molecule has 1 aliphatic rings. The fourth-order valence-corrected chi connectivity index (χ4v) is 3.15. The maximum atomic E-state index is 13.7. The molecule has 24 heavy (non-hydrogen) atoms. The third-order valence-corrected chi connectivity index (χ3v) is 4.53. The van der Waals surface area contributed by atoms with Gasteiger partial charge in [-0.1, -0.05) is 24.3 Å². The zero-order valence-electron chi connectivity index (χ0n) is 13.3. The first-order valence-corrected chi connectivity index (χ1v) is 7.85. The summed E-state index contributed by atoms with van der Waals surface area (Å²) in [4.78, 5) is 25.6. The maximum Gasteiger partial charge on any atom is 0.335 e. The van der Waals surface area contributed by atoms with E-state index in [0.717, 1.165) is 5.56 Å². The van der Waals surface area contributed by atoms with Crippen molar-refractivity contribution in [3.05, 3.63) is 70.5 Å². The quantitative estimate of drug-likeness (QED) is 0.939. The second kappa shape index (κ2) is 6.43. The van der Waals surface area contributed by atoms with E-state index in [9.17, 15) is 19.1 Å². The molecule has 1 fully saturated rings. The van der Waals surface area contributed by atoms with Crippen LogP contribution in [0.4, 0.5) is 4.39 Å². The van der Waals surface area contributed by atoms with E-state index in [1.165, 1.54) is 6.07 Å². The molecule has 0 bridgehead atoms. The predicted molar refractivity (Wildman–Crippen MR) is 87.8 cm³/mol. The van der Waals surface area contributed by atoms with Gasteiger partial charge in [0.2, 0.25) is 0 Å². The first-order valence-electron chi connectivity index (χ1n) is 7.85. The van der Waals surface area contributed by atoms with Gasteiger partial charge in [-0.15, -0.1) is 0 Å². The highest BCUT2D eigenvalue weighted by molar-refractivity contribution is 5.94. The van der Waals surface area contributed by atoms with Crippen molar-refractivity contribution >= 4 is 11.9 Å². The molecule has 1 heterocycles. The molecule has 1 aliphatic heterocycles. The van der Waals surface area contributed by atoms with Crippen LogP contribution >= 0.6 is 0 Å². The van der Waals surface area contributed by atoms with Gasteiger partial charge in [-0.3, -0.25) is 4.79 Å². The van der Waals surface area contributed by atoms with E-state index >= 15 is 0 Å². The van der Waals surface area contributed by atoms with Crippen molar-refractivity contribution in [2.24, 2.45) is 0 Å². The van der Waals surface area contributed by atoms with Crippen molar-refractivity contribution in [2.75, 3.05) is 13.1 Å². The van der Waals surface area contributed by atoms with Crippen molar-refractivity contribution in [3.8, 4) is 0 Å². The Balaban J connectivity index is 1.79. The number of halogens is 1. The van der Waals surface area contributed by atoms with E-state index in [1.54, 1.807) is 42.2 Å². The number of carbonyl (C=O) groups excluding carboxylic acids is 1. The van der Waals surface area contributed by atoms with Crippen molar-refractivity contribution in [2.45, 2.75) is 19.3 Å². The molecule has 0 saturated carbocycles. The Kier molecular flexibility index (Phi) is 4.34. The number of hydrogen-bond donors (Lipinski definition) is 1. The zero-order chi connectivity index (χ0) is 17.3. The molecular formula is C19H18FNO3. The van der Waals surface area contributed by atoms with Crippen LogP contribution in [0.15, 0.2) is 42.5 Å². The fourth-order valence-electron chi connectivity index (χ4n) is 3.15. The van der Waals surface area contributed by atoms with Gasteiger partial charge < -0.3 is 10.0 Å². The van der Waals surface area contributed by atoms with Gasteiger partial charge in [-0.05, 0) is 42.7 Å². The predicted octanol–water partition coefficient (Wildman–Crippen LogP) is 3.46. The Morgan fingerprint density at radius 1 is 1.21 bits per heavy atom. The number of benzene rings is 2. The molecule has 124 valence electrons. The highest BCUT2D eigenvalue weighted by atomic mass is 19.1. The van der Waals surface area contributed by atoms with E-state index in [4.69, 9.17) is 0 Å². The van der Waals surface area contributed by atoms with E-state index in [0.29, 0.717) is 30.6 Å². The van der Waals surface area contributed by atoms with Gasteiger partial charge in [-0.25, -0.2) is 9.18 Å². The summed E-state index contributed by atoms with van der Waals surface area (Å²) in [5.74, 6) is -1.59. The third-order valence-electron chi connectivity index (χ3n) is 4.53. The van der Waals surface area contributed by atoms with Gasteiger partial charge in [0, 0.05) is 24.6 Å². The van der Waals surface area contributed by atoms with Crippen LogP contribution in [0.5, 0.6) is 0 Å². The van der Waals surface area contributed by atoms with Gasteiger partial charge in [0.25, 0.3) is 5.91 Å². The topological polar surface area (TPSA) is 57.6 Å². The van der Waals surface area contributed by atoms with E-state index in [2.05, 4.69) is 0 Å². The second-order valence-corrected chi connectivity index (χ2v) is 6.09. The molecular weight excluding hydrogens is 309 g/mol. The Morgan fingerprint density at radius 2 is 1.96 bits per heavy atom. The van der Waals surface area contributed by atoms with Crippen molar-refractivity contribution in [1.29, 1.82) is 0 Å². The van der Waals surface area contributed by atoms with Crippen LogP contribution in [0.1, 0.15) is 44.2 Å². The number of carbonyl (C=O) groups is 2. The number of aryl methyl sites for hydroxylation is 1. The molecule has 1 saturated heterocycles. The molecule has 5 heteroatoms. The lowest BCUT2D eigenvalue weighted by Gasteiger charge is -2.18. The largest absolute Gasteiger partial charge is 0.478 e. The standard InChI is InChI=1S/C19H18FNO3/c1-12-6-7-13(10-17(12)20)18(22)21-9-8-14(11-21)15-4-2-3-5-16(15)19(23)24/h2-7,10,14H,8-9,11H2,1H3,(H,23,24)/t14-/m1/s1. The molecule has 3 rings (SSSR count). The summed E-state index contributed by atoms with van der Waals surface area (Å²) in [6.45, 7) is 2.63. The average Bonchev–Trinajstić information content (AvgIpc) is 3.06. The second-order valence-electron chi connectivity index (χ2n) is 6.09. The van der Waals surface area contributed by atoms with Crippen LogP contribution in [-0.2, 0) is 0 Å². The Bertz CT molecular complexity index is 803. The van der Waals surface area contributed by atoms with Gasteiger partial charge in [-0.2, -0.15) is 0 Å². The van der Waals surface area contributed by atoms with E-state index in [-0.39, 0.29) is 17.4 Å². The molecule has 2 aromatic carbocycles. The number of amides is 1. The Labute approximate surface area is 139 Å². The van der Waals surface area contributed by atoms with Crippen molar-refractivity contribution in [3.63, 3.8) is 0 Å². The van der Waals surface area contributed by atoms with E-state index < -0.39 is 11.8 Å². The molecule has 0 radical (unpaired) electrons. The zero-order valence-corrected chi connectivity index (χ0v) is 13.3. The molecule has 1 amide bonds. The van der Waals surface area contributed by atoms with Crippen LogP contribution in [0.3, 0.4) is 0 Å². The fraction of sp³-hybridized carbons (Fsp3) is 0.263. The summed E-state index contributed by atoms with van der Waals surface area (Å²) in [5.41, 5.74) is 1.85. The van der Waals surface area contributed by atoms with Crippen LogP contribution < -0.4 is 0 Å². The number of carboxylic acids is 1. The summed E-state index contributed by atoms with van der Waals surface area (Å²) in [6, 6.07) is 11.4. The molecule has 1 atom stereocenters. The molecule has 0 aliphatic carbocycles. The number of aromatic carboxylic acids is 1. The van der Waals surface area contributed by atoms with Gasteiger partial charge in [0.05, 0.1) is 5.56 Å². The molecule has 0 unspecified atom stereocenters. The number of hydrogen-bond acceptors (Lipinski definition) is 2. The minimum Gasteiger partial charge on any atom is -0.478 e. The lowest BCUT2D eigenvalue weighted by Crippen LogP contribution is -2.28. The summed E-state index contributed by atoms with van der Waals surface area (Å²) in [7, 11) is 0. The molecule has 1 N–H and O–H groups in total. The van der Waals surface area contributed by atoms with Crippen molar-refractivity contribution in [1.82, 2.24) is 4.90 Å².